The maximum Gasteiger partial charge on any atom is 0.248 e. The summed E-state index contributed by atoms with van der Waals surface area (Å²) in [6, 6.07) is 33.7. The molecule has 1 fully saturated rings. The van der Waals surface area contributed by atoms with Gasteiger partial charge in [0, 0.05) is 61.0 Å². The quantitative estimate of drug-likeness (QED) is 0.105. The Morgan fingerprint density at radius 2 is 1.48 bits per heavy atom. The zero-order chi connectivity index (χ0) is 44.3. The third kappa shape index (κ3) is 8.85. The smallest absolute Gasteiger partial charge is 0.248 e. The maximum atomic E-state index is 13.2. The van der Waals surface area contributed by atoms with Gasteiger partial charge in [0.15, 0.2) is 11.0 Å². The molecule has 1 amide bonds. The number of imidazole rings is 1. The summed E-state index contributed by atoms with van der Waals surface area (Å²) in [6.07, 6.45) is 6.27. The van der Waals surface area contributed by atoms with Crippen molar-refractivity contribution < 1.29 is 23.8 Å². The van der Waals surface area contributed by atoms with E-state index in [-0.39, 0.29) is 35.9 Å². The van der Waals surface area contributed by atoms with Crippen LogP contribution in [0.4, 0.5) is 10.8 Å². The molecule has 0 unspecified atom stereocenters. The number of amides is 1. The van der Waals surface area contributed by atoms with Crippen LogP contribution in [0.15, 0.2) is 128 Å². The van der Waals surface area contributed by atoms with Crippen LogP contribution in [0.25, 0.3) is 43.9 Å². The van der Waals surface area contributed by atoms with E-state index in [4.69, 9.17) is 34.1 Å². The van der Waals surface area contributed by atoms with Crippen LogP contribution in [0.3, 0.4) is 0 Å². The zero-order valence-electron chi connectivity index (χ0n) is 35.3. The number of fused-ring (bicyclic) bond motifs is 2. The van der Waals surface area contributed by atoms with Gasteiger partial charge >= 0.3 is 0 Å². The van der Waals surface area contributed by atoms with Gasteiger partial charge in [-0.2, -0.15) is 0 Å². The third-order valence-electron chi connectivity index (χ3n) is 11.1. The lowest BCUT2D eigenvalue weighted by atomic mass is 9.93. The molecule has 0 bridgehead atoms. The maximum absolute atomic E-state index is 13.2. The summed E-state index contributed by atoms with van der Waals surface area (Å²) in [4.78, 5) is 63.9. The van der Waals surface area contributed by atoms with Crippen LogP contribution in [0.1, 0.15) is 46.3 Å². The number of likely N-dealkylation sites (tertiary alicyclic amines) is 1. The van der Waals surface area contributed by atoms with E-state index >= 15 is 0 Å². The van der Waals surface area contributed by atoms with Gasteiger partial charge in [-0.1, -0.05) is 35.6 Å². The fourth-order valence-corrected chi connectivity index (χ4v) is 8.65. The van der Waals surface area contributed by atoms with Crippen molar-refractivity contribution in [2.45, 2.75) is 25.7 Å². The second-order valence-electron chi connectivity index (χ2n) is 15.4. The summed E-state index contributed by atoms with van der Waals surface area (Å²) >= 11 is 1.59. The summed E-state index contributed by atoms with van der Waals surface area (Å²) in [5.41, 5.74) is 7.48. The minimum atomic E-state index is -0.229. The van der Waals surface area contributed by atoms with Crippen LogP contribution in [0, 0.1) is 6.92 Å². The highest BCUT2D eigenvalue weighted by atomic mass is 32.1. The number of hydrogen-bond donors (Lipinski definition) is 2. The molecule has 0 saturated carbocycles. The van der Waals surface area contributed by atoms with Crippen molar-refractivity contribution in [3.8, 4) is 45.9 Å². The largest absolute Gasteiger partial charge is 0.437 e. The molecule has 16 heteroatoms. The molecule has 1 aliphatic rings. The molecule has 0 atom stereocenters. The molecule has 10 rings (SSSR count). The zero-order valence-corrected chi connectivity index (χ0v) is 36.1. The van der Waals surface area contributed by atoms with E-state index in [1.165, 1.54) is 7.11 Å². The molecule has 0 radical (unpaired) electrons. The van der Waals surface area contributed by atoms with Crippen LogP contribution in [-0.4, -0.2) is 83.3 Å². The number of piperidine rings is 1. The van der Waals surface area contributed by atoms with Crippen molar-refractivity contribution >= 4 is 55.1 Å². The van der Waals surface area contributed by atoms with E-state index in [1.54, 1.807) is 54.2 Å². The van der Waals surface area contributed by atoms with Crippen molar-refractivity contribution in [2.75, 3.05) is 32.1 Å². The number of carbonyl (C=O) groups excluding carboxylic acids is 2. The number of rotatable bonds is 13. The first-order valence-electron chi connectivity index (χ1n) is 21.0. The SMILES string of the molecule is COCC(=O)N1CCC(c2ncc(-c3ccc(-c4nccnc4Oc4ccc(C(=O)c5nc6ccccc6[nH]5)cc4)c(C)n3)nc2Oc2ccc(Nc3nc4ccccc4s3)cc2)CC1. The molecule has 15 nitrogen and oxygen atoms in total. The number of thiazole rings is 1. The Labute approximate surface area is 376 Å². The molecule has 1 aliphatic heterocycles. The molecule has 5 aromatic heterocycles. The lowest BCUT2D eigenvalue weighted by molar-refractivity contribution is -0.136. The third-order valence-corrected chi connectivity index (χ3v) is 12.0. The normalized spacial score (nSPS) is 13.0. The Morgan fingerprint density at radius 3 is 2.23 bits per heavy atom. The van der Waals surface area contributed by atoms with E-state index < -0.39 is 0 Å². The Morgan fingerprint density at radius 1 is 0.754 bits per heavy atom. The number of ether oxygens (including phenoxy) is 3. The van der Waals surface area contributed by atoms with E-state index in [0.29, 0.717) is 82.9 Å². The van der Waals surface area contributed by atoms with E-state index in [0.717, 1.165) is 32.1 Å². The number of aromatic nitrogens is 8. The molecule has 65 heavy (non-hydrogen) atoms. The number of ketones is 1. The number of aryl methyl sites for hydroxylation is 1. The van der Waals surface area contributed by atoms with Crippen LogP contribution >= 0.6 is 11.3 Å². The monoisotopic (exact) mass is 880 g/mol. The van der Waals surface area contributed by atoms with Gasteiger partial charge in [0.05, 0.1) is 33.1 Å². The number of carbonyl (C=O) groups is 2. The first-order valence-corrected chi connectivity index (χ1v) is 21.8. The average molecular weight is 881 g/mol. The number of para-hydroxylation sites is 3. The van der Waals surface area contributed by atoms with Crippen molar-refractivity contribution in [3.63, 3.8) is 0 Å². The molecule has 6 heterocycles. The Kier molecular flexibility index (Phi) is 11.4. The number of nitrogens with zero attached hydrogens (tertiary/aromatic N) is 8. The Balaban J connectivity index is 0.887. The summed E-state index contributed by atoms with van der Waals surface area (Å²) in [7, 11) is 1.53. The minimum absolute atomic E-state index is 0.0125. The molecular weight excluding hydrogens is 841 g/mol. The molecule has 1 saturated heterocycles. The fourth-order valence-electron chi connectivity index (χ4n) is 7.77. The first-order chi connectivity index (χ1) is 31.8. The number of anilines is 2. The summed E-state index contributed by atoms with van der Waals surface area (Å²) in [5.74, 6) is 1.73. The summed E-state index contributed by atoms with van der Waals surface area (Å²) in [5, 5.41) is 4.19. The van der Waals surface area contributed by atoms with Gasteiger partial charge in [-0.3, -0.25) is 19.6 Å². The topological polar surface area (TPSA) is 183 Å². The van der Waals surface area contributed by atoms with E-state index in [1.807, 2.05) is 90.7 Å². The van der Waals surface area contributed by atoms with Crippen LogP contribution in [0.2, 0.25) is 0 Å². The van der Waals surface area contributed by atoms with Crippen molar-refractivity contribution in [1.82, 2.24) is 44.8 Å². The fraction of sp³-hybridized carbons (Fsp3) is 0.163. The summed E-state index contributed by atoms with van der Waals surface area (Å²) in [6.45, 7) is 3.09. The molecule has 2 N–H and O–H groups in total. The number of H-pyrrole nitrogens is 1. The second kappa shape index (κ2) is 18.0. The van der Waals surface area contributed by atoms with Gasteiger partial charge in [0.1, 0.15) is 35.2 Å². The lowest BCUT2D eigenvalue weighted by Gasteiger charge is -2.32. The lowest BCUT2D eigenvalue weighted by Crippen LogP contribution is -2.40. The summed E-state index contributed by atoms with van der Waals surface area (Å²) < 4.78 is 19.0. The van der Waals surface area contributed by atoms with Crippen LogP contribution in [0.5, 0.6) is 23.3 Å². The second-order valence-corrected chi connectivity index (χ2v) is 16.4. The van der Waals surface area contributed by atoms with Crippen LogP contribution in [-0.2, 0) is 9.53 Å². The first kappa shape index (κ1) is 41.1. The highest BCUT2D eigenvalue weighted by Gasteiger charge is 2.28. The number of nitrogens with one attached hydrogen (secondary N) is 2. The van der Waals surface area contributed by atoms with Gasteiger partial charge in [-0.15, -0.1) is 0 Å². The standard InChI is InChI=1S/C49H40N10O5S/c1-29-35(44-47(51-24-23-50-44)63-33-15-11-31(12-16-33)45(61)46-55-36-7-3-4-8-37(36)56-46)19-20-38(53-29)40-27-52-43(30-21-25-59(26-22-30)42(60)28-62-2)48(57-40)64-34-17-13-32(14-18-34)54-49-58-39-9-5-6-10-41(39)65-49/h3-20,23-24,27,30H,21-22,25-26,28H2,1-2H3,(H,54,58)(H,55,56). The average Bonchev–Trinajstić information content (AvgIpc) is 3.97. The highest BCUT2D eigenvalue weighted by molar-refractivity contribution is 7.22. The van der Waals surface area contributed by atoms with Gasteiger partial charge < -0.3 is 29.4 Å². The number of pyridine rings is 1. The number of hydrogen-bond acceptors (Lipinski definition) is 14. The Bertz CT molecular complexity index is 3120. The number of benzene rings is 4. The molecule has 0 aliphatic carbocycles. The van der Waals surface area contributed by atoms with Gasteiger partial charge in [-0.05, 0) is 105 Å². The highest BCUT2D eigenvalue weighted by Crippen LogP contribution is 2.37. The predicted octanol–water partition coefficient (Wildman–Crippen LogP) is 9.70. The van der Waals surface area contributed by atoms with Gasteiger partial charge in [-0.25, -0.2) is 24.9 Å². The molecule has 4 aromatic carbocycles. The number of methoxy groups -OCH3 is 1. The molecule has 0 spiro atoms. The van der Waals surface area contributed by atoms with Crippen molar-refractivity contribution in [2.24, 2.45) is 0 Å². The van der Waals surface area contributed by atoms with E-state index in [9.17, 15) is 9.59 Å². The minimum Gasteiger partial charge on any atom is -0.437 e. The predicted molar refractivity (Wildman–Crippen MR) is 247 cm³/mol. The van der Waals surface area contributed by atoms with Crippen molar-refractivity contribution in [3.05, 3.63) is 151 Å². The number of aromatic amines is 1. The molecule has 322 valence electrons. The van der Waals surface area contributed by atoms with Crippen molar-refractivity contribution in [1.29, 1.82) is 0 Å². The molecular formula is C49H40N10O5S. The Hall–Kier alpha value is -7.95. The molecule has 9 aromatic rings. The van der Waals surface area contributed by atoms with Crippen LogP contribution < -0.4 is 14.8 Å². The van der Waals surface area contributed by atoms with E-state index in [2.05, 4.69) is 31.3 Å². The van der Waals surface area contributed by atoms with Gasteiger partial charge in [0.2, 0.25) is 23.5 Å². The van der Waals surface area contributed by atoms with Gasteiger partial charge in [0.25, 0.3) is 0 Å².